The average molecular weight is 245 g/mol. The van der Waals surface area contributed by atoms with Gasteiger partial charge in [-0.3, -0.25) is 4.79 Å². The predicted molar refractivity (Wildman–Crippen MR) is 65.1 cm³/mol. The normalized spacial score (nSPS) is 20.2. The van der Waals surface area contributed by atoms with Gasteiger partial charge in [0.1, 0.15) is 5.54 Å². The second kappa shape index (κ2) is 3.83. The summed E-state index contributed by atoms with van der Waals surface area (Å²) in [5.74, 6) is -1.14. The summed E-state index contributed by atoms with van der Waals surface area (Å²) in [5.41, 5.74) is 1.45. The first-order valence-corrected chi connectivity index (χ1v) is 6.23. The van der Waals surface area contributed by atoms with Gasteiger partial charge in [0, 0.05) is 5.92 Å². The Morgan fingerprint density at radius 1 is 1.17 bits per heavy atom. The highest BCUT2D eigenvalue weighted by atomic mass is 16.4. The Hall–Kier alpha value is -1.84. The third kappa shape index (κ3) is 1.78. The number of carbonyl (C=O) groups excluding carboxylic acids is 1. The lowest BCUT2D eigenvalue weighted by atomic mass is 10.0. The molecule has 0 spiro atoms. The number of hydrogen-bond acceptors (Lipinski definition) is 2. The van der Waals surface area contributed by atoms with Gasteiger partial charge in [-0.25, -0.2) is 4.79 Å². The number of rotatable bonds is 3. The van der Waals surface area contributed by atoms with Gasteiger partial charge in [0.05, 0.1) is 0 Å². The van der Waals surface area contributed by atoms with E-state index in [1.54, 1.807) is 0 Å². The standard InChI is InChI=1S/C14H15NO3/c16-12(15-14(5-6-14)13(17)18)11-7-9-3-1-2-4-10(9)8-11/h1-4,11H,5-8H2,(H,15,16)(H,17,18). The molecule has 0 saturated heterocycles. The van der Waals surface area contributed by atoms with Crippen LogP contribution in [0.2, 0.25) is 0 Å². The minimum Gasteiger partial charge on any atom is -0.480 e. The van der Waals surface area contributed by atoms with Gasteiger partial charge in [0.25, 0.3) is 0 Å². The molecular formula is C14H15NO3. The van der Waals surface area contributed by atoms with Gasteiger partial charge in [-0.2, -0.15) is 0 Å². The fourth-order valence-electron chi connectivity index (χ4n) is 2.60. The van der Waals surface area contributed by atoms with Crippen LogP contribution in [0.5, 0.6) is 0 Å². The van der Waals surface area contributed by atoms with E-state index in [9.17, 15) is 9.59 Å². The minimum atomic E-state index is -0.966. The van der Waals surface area contributed by atoms with Crippen LogP contribution in [-0.4, -0.2) is 22.5 Å². The Kier molecular flexibility index (Phi) is 2.40. The lowest BCUT2D eigenvalue weighted by Gasteiger charge is -2.15. The van der Waals surface area contributed by atoms with Crippen molar-refractivity contribution in [3.05, 3.63) is 35.4 Å². The smallest absolute Gasteiger partial charge is 0.329 e. The van der Waals surface area contributed by atoms with E-state index in [0.717, 1.165) is 12.8 Å². The van der Waals surface area contributed by atoms with Crippen LogP contribution < -0.4 is 5.32 Å². The Bertz CT molecular complexity index is 495. The van der Waals surface area contributed by atoms with Crippen molar-refractivity contribution in [2.45, 2.75) is 31.2 Å². The van der Waals surface area contributed by atoms with E-state index in [4.69, 9.17) is 5.11 Å². The number of carbonyl (C=O) groups is 2. The van der Waals surface area contributed by atoms with Crippen LogP contribution in [0, 0.1) is 5.92 Å². The second-order valence-electron chi connectivity index (χ2n) is 5.25. The summed E-state index contributed by atoms with van der Waals surface area (Å²) < 4.78 is 0. The van der Waals surface area contributed by atoms with Crippen LogP contribution >= 0.6 is 0 Å². The van der Waals surface area contributed by atoms with Crippen LogP contribution in [-0.2, 0) is 22.4 Å². The number of amides is 1. The van der Waals surface area contributed by atoms with Gasteiger partial charge < -0.3 is 10.4 Å². The van der Waals surface area contributed by atoms with E-state index in [2.05, 4.69) is 5.32 Å². The number of carboxylic acids is 1. The molecule has 2 N–H and O–H groups in total. The number of nitrogens with one attached hydrogen (secondary N) is 1. The molecule has 18 heavy (non-hydrogen) atoms. The highest BCUT2D eigenvalue weighted by Gasteiger charge is 2.52. The molecule has 0 aliphatic heterocycles. The molecule has 1 saturated carbocycles. The van der Waals surface area contributed by atoms with Gasteiger partial charge in [-0.1, -0.05) is 24.3 Å². The van der Waals surface area contributed by atoms with Crippen molar-refractivity contribution < 1.29 is 14.7 Å². The molecule has 94 valence electrons. The maximum atomic E-state index is 12.1. The second-order valence-corrected chi connectivity index (χ2v) is 5.25. The van der Waals surface area contributed by atoms with Crippen molar-refractivity contribution in [1.82, 2.24) is 5.32 Å². The van der Waals surface area contributed by atoms with Crippen molar-refractivity contribution in [3.63, 3.8) is 0 Å². The number of fused-ring (bicyclic) bond motifs is 1. The molecule has 4 nitrogen and oxygen atoms in total. The molecule has 2 aliphatic rings. The molecule has 0 atom stereocenters. The first-order chi connectivity index (χ1) is 8.61. The van der Waals surface area contributed by atoms with Gasteiger partial charge in [0.2, 0.25) is 5.91 Å². The van der Waals surface area contributed by atoms with E-state index in [-0.39, 0.29) is 11.8 Å². The Morgan fingerprint density at radius 2 is 1.72 bits per heavy atom. The first-order valence-electron chi connectivity index (χ1n) is 6.23. The third-order valence-electron chi connectivity index (χ3n) is 3.94. The van der Waals surface area contributed by atoms with E-state index in [1.165, 1.54) is 11.1 Å². The lowest BCUT2D eigenvalue weighted by Crippen LogP contribution is -2.45. The SMILES string of the molecule is O=C(NC1(C(=O)O)CC1)C1Cc2ccccc2C1. The Morgan fingerprint density at radius 3 is 2.17 bits per heavy atom. The van der Waals surface area contributed by atoms with E-state index >= 15 is 0 Å². The minimum absolute atomic E-state index is 0.112. The highest BCUT2D eigenvalue weighted by Crippen LogP contribution is 2.36. The molecule has 4 heteroatoms. The average Bonchev–Trinajstić information content (AvgIpc) is 3.00. The number of benzene rings is 1. The molecule has 3 rings (SSSR count). The molecule has 1 amide bonds. The maximum Gasteiger partial charge on any atom is 0.329 e. The summed E-state index contributed by atoms with van der Waals surface area (Å²) in [5, 5.41) is 11.8. The number of hydrogen-bond donors (Lipinski definition) is 2. The monoisotopic (exact) mass is 245 g/mol. The van der Waals surface area contributed by atoms with Crippen molar-refractivity contribution in [1.29, 1.82) is 0 Å². The largest absolute Gasteiger partial charge is 0.480 e. The van der Waals surface area contributed by atoms with Crippen molar-refractivity contribution in [3.8, 4) is 0 Å². The van der Waals surface area contributed by atoms with E-state index < -0.39 is 11.5 Å². The van der Waals surface area contributed by atoms with Crippen molar-refractivity contribution in [2.24, 2.45) is 5.92 Å². The van der Waals surface area contributed by atoms with E-state index in [0.29, 0.717) is 12.8 Å². The fraction of sp³-hybridized carbons (Fsp3) is 0.429. The Labute approximate surface area is 105 Å². The molecule has 0 unspecified atom stereocenters. The summed E-state index contributed by atoms with van der Waals surface area (Å²) in [6.45, 7) is 0. The summed E-state index contributed by atoms with van der Waals surface area (Å²) in [6, 6.07) is 8.01. The van der Waals surface area contributed by atoms with Crippen LogP contribution in [0.15, 0.2) is 24.3 Å². The third-order valence-corrected chi connectivity index (χ3v) is 3.94. The van der Waals surface area contributed by atoms with E-state index in [1.807, 2.05) is 24.3 Å². The van der Waals surface area contributed by atoms with Gasteiger partial charge in [0.15, 0.2) is 0 Å². The molecule has 1 aromatic rings. The van der Waals surface area contributed by atoms with Crippen LogP contribution in [0.25, 0.3) is 0 Å². The Balaban J connectivity index is 1.68. The molecule has 0 aromatic heterocycles. The summed E-state index contributed by atoms with van der Waals surface area (Å²) >= 11 is 0. The predicted octanol–water partition coefficient (Wildman–Crippen LogP) is 1.13. The summed E-state index contributed by atoms with van der Waals surface area (Å²) in [7, 11) is 0. The maximum absolute atomic E-state index is 12.1. The highest BCUT2D eigenvalue weighted by molar-refractivity contribution is 5.90. The summed E-state index contributed by atoms with van der Waals surface area (Å²) in [6.07, 6.45) is 2.54. The number of carboxylic acid groups (broad SMARTS) is 1. The van der Waals surface area contributed by atoms with Crippen molar-refractivity contribution >= 4 is 11.9 Å². The fourth-order valence-corrected chi connectivity index (χ4v) is 2.60. The lowest BCUT2D eigenvalue weighted by molar-refractivity contribution is -0.143. The molecule has 1 aromatic carbocycles. The van der Waals surface area contributed by atoms with Crippen LogP contribution in [0.4, 0.5) is 0 Å². The molecular weight excluding hydrogens is 230 g/mol. The molecule has 1 fully saturated rings. The van der Waals surface area contributed by atoms with Gasteiger partial charge in [-0.15, -0.1) is 0 Å². The first kappa shape index (κ1) is 11.3. The van der Waals surface area contributed by atoms with Crippen LogP contribution in [0.3, 0.4) is 0 Å². The van der Waals surface area contributed by atoms with Crippen LogP contribution in [0.1, 0.15) is 24.0 Å². The number of aliphatic carboxylic acids is 1. The molecule has 0 heterocycles. The zero-order valence-corrected chi connectivity index (χ0v) is 9.98. The molecule has 0 bridgehead atoms. The zero-order valence-electron chi connectivity index (χ0n) is 9.98. The quantitative estimate of drug-likeness (QED) is 0.839. The van der Waals surface area contributed by atoms with Gasteiger partial charge >= 0.3 is 5.97 Å². The van der Waals surface area contributed by atoms with Gasteiger partial charge in [-0.05, 0) is 36.8 Å². The topological polar surface area (TPSA) is 66.4 Å². The molecule has 0 radical (unpaired) electrons. The van der Waals surface area contributed by atoms with Crippen molar-refractivity contribution in [2.75, 3.05) is 0 Å². The zero-order chi connectivity index (χ0) is 12.8. The molecule has 2 aliphatic carbocycles. The summed E-state index contributed by atoms with van der Waals surface area (Å²) in [4.78, 5) is 23.1.